The molecule has 0 aliphatic carbocycles. The molecule has 21 heteroatoms. The third-order valence-corrected chi connectivity index (χ3v) is 8.68. The fourth-order valence-corrected chi connectivity index (χ4v) is 5.62. The highest BCUT2D eigenvalue weighted by Crippen LogP contribution is 2.31. The molecule has 0 radical (unpaired) electrons. The predicted octanol–water partition coefficient (Wildman–Crippen LogP) is -6.25. The summed E-state index contributed by atoms with van der Waals surface area (Å²) in [5, 5.41) is 105. The highest BCUT2D eigenvalue weighted by molar-refractivity contribution is 5.78. The van der Waals surface area contributed by atoms with Gasteiger partial charge < -0.3 is 94.3 Å². The number of rotatable bonds is 22. The number of ketones is 1. The van der Waals surface area contributed by atoms with Gasteiger partial charge in [-0.15, -0.1) is 0 Å². The summed E-state index contributed by atoms with van der Waals surface area (Å²) in [6.07, 6.45) is -24.3. The van der Waals surface area contributed by atoms with Gasteiger partial charge in [-0.25, -0.2) is 0 Å². The molecule has 0 spiro atoms. The van der Waals surface area contributed by atoms with Crippen LogP contribution in [0.1, 0.15) is 32.6 Å². The number of Topliss-reactive ketones (excluding diaryl/α,β-unsaturated/α-hetero) is 1. The molecule has 1 amide bonds. The molecule has 0 unspecified atom stereocenters. The maximum atomic E-state index is 12.3. The molecule has 304 valence electrons. The second-order valence-corrected chi connectivity index (χ2v) is 12.5. The molecule has 0 aromatic carbocycles. The second kappa shape index (κ2) is 22.7. The molecule has 0 aromatic heterocycles. The van der Waals surface area contributed by atoms with Crippen LogP contribution in [0.3, 0.4) is 0 Å². The number of nitrogens with one attached hydrogen (secondary N) is 1. The van der Waals surface area contributed by atoms with Crippen molar-refractivity contribution in [1.82, 2.24) is 5.32 Å². The quantitative estimate of drug-likeness (QED) is 0.0457. The van der Waals surface area contributed by atoms with Crippen LogP contribution < -0.4 is 5.32 Å². The average Bonchev–Trinajstić information content (AvgIpc) is 3.12. The molecule has 3 heterocycles. The molecular formula is C31H55NO20. The number of carbonyl (C=O) groups is 2. The van der Waals surface area contributed by atoms with E-state index in [1.165, 1.54) is 0 Å². The highest BCUT2D eigenvalue weighted by atomic mass is 16.7. The number of amides is 1. The topological polar surface area (TPSA) is 322 Å². The van der Waals surface area contributed by atoms with Crippen molar-refractivity contribution >= 4 is 11.7 Å². The van der Waals surface area contributed by atoms with Gasteiger partial charge in [-0.3, -0.25) is 9.59 Å². The third-order valence-electron chi connectivity index (χ3n) is 8.68. The van der Waals surface area contributed by atoms with Crippen LogP contribution in [0, 0.1) is 0 Å². The van der Waals surface area contributed by atoms with Crippen molar-refractivity contribution in [1.29, 1.82) is 0 Å². The van der Waals surface area contributed by atoms with Crippen molar-refractivity contribution in [2.75, 3.05) is 59.4 Å². The lowest BCUT2D eigenvalue weighted by Gasteiger charge is -2.46. The van der Waals surface area contributed by atoms with Crippen molar-refractivity contribution in [2.24, 2.45) is 0 Å². The van der Waals surface area contributed by atoms with Crippen LogP contribution in [0.2, 0.25) is 0 Å². The SMILES string of the molecule is CCNC(=O)CCOCCOCCC(=O)CCCO[C@@H]1O[C@H](CO[C@H]2O[C@H](CO)[C@@H](O)[C@H](O)[C@@H]2O)[C@@H](O)[C@H](O[C@H]2O[C@H](CO)[C@@H](O)[C@H](O)[C@@H]2O)[C@@H]1O. The fourth-order valence-electron chi connectivity index (χ4n) is 5.62. The monoisotopic (exact) mass is 761 g/mol. The Hall–Kier alpha value is -1.58. The lowest BCUT2D eigenvalue weighted by Crippen LogP contribution is -2.65. The second-order valence-electron chi connectivity index (χ2n) is 12.5. The summed E-state index contributed by atoms with van der Waals surface area (Å²) in [7, 11) is 0. The largest absolute Gasteiger partial charge is 0.394 e. The van der Waals surface area contributed by atoms with Crippen molar-refractivity contribution in [3.63, 3.8) is 0 Å². The minimum Gasteiger partial charge on any atom is -0.394 e. The fraction of sp³-hybridized carbons (Fsp3) is 0.935. The van der Waals surface area contributed by atoms with Gasteiger partial charge in [0.25, 0.3) is 0 Å². The molecule has 52 heavy (non-hydrogen) atoms. The molecule has 21 nitrogen and oxygen atoms in total. The van der Waals surface area contributed by atoms with Gasteiger partial charge in [0.15, 0.2) is 18.9 Å². The molecule has 0 aromatic rings. The van der Waals surface area contributed by atoms with Crippen molar-refractivity contribution in [3.05, 3.63) is 0 Å². The maximum Gasteiger partial charge on any atom is 0.222 e. The molecule has 3 fully saturated rings. The van der Waals surface area contributed by atoms with Gasteiger partial charge in [-0.2, -0.15) is 0 Å². The van der Waals surface area contributed by atoms with E-state index < -0.39 is 112 Å². The molecule has 11 N–H and O–H groups in total. The van der Waals surface area contributed by atoms with Crippen LogP contribution in [0.15, 0.2) is 0 Å². The van der Waals surface area contributed by atoms with Crippen molar-refractivity contribution in [3.8, 4) is 0 Å². The van der Waals surface area contributed by atoms with Gasteiger partial charge in [0.1, 0.15) is 79.0 Å². The summed E-state index contributed by atoms with van der Waals surface area (Å²) in [5.41, 5.74) is 0. The van der Waals surface area contributed by atoms with E-state index in [1.54, 1.807) is 0 Å². The van der Waals surface area contributed by atoms with E-state index in [4.69, 9.17) is 37.9 Å². The Labute approximate surface area is 299 Å². The lowest BCUT2D eigenvalue weighted by molar-refractivity contribution is -0.366. The zero-order chi connectivity index (χ0) is 38.4. The van der Waals surface area contributed by atoms with Gasteiger partial charge in [0, 0.05) is 25.8 Å². The molecule has 3 rings (SSSR count). The van der Waals surface area contributed by atoms with Gasteiger partial charge in [0.2, 0.25) is 5.91 Å². The van der Waals surface area contributed by atoms with Gasteiger partial charge in [-0.05, 0) is 13.3 Å². The zero-order valence-electron chi connectivity index (χ0n) is 28.9. The smallest absolute Gasteiger partial charge is 0.222 e. The normalized spacial score (nSPS) is 38.2. The Bertz CT molecular complexity index is 1040. The molecule has 0 saturated carbocycles. The number of ether oxygens (including phenoxy) is 8. The van der Waals surface area contributed by atoms with E-state index >= 15 is 0 Å². The van der Waals surface area contributed by atoms with Gasteiger partial charge in [-0.1, -0.05) is 0 Å². The molecule has 15 atom stereocenters. The van der Waals surface area contributed by atoms with Crippen LogP contribution in [-0.4, -0.2) is 214 Å². The summed E-state index contributed by atoms with van der Waals surface area (Å²) in [4.78, 5) is 23.7. The number of aliphatic hydroxyl groups excluding tert-OH is 10. The Morgan fingerprint density at radius 3 is 1.71 bits per heavy atom. The Kier molecular flexibility index (Phi) is 19.6. The standard InChI is InChI=1S/C31H55NO20/c1-2-32-19(36)6-9-46-11-10-45-8-5-15(35)4-3-7-47-30-27(44)28(52-31-26(43)24(41)21(38)17(13-34)50-31)22(39)18(51-30)14-48-29-25(42)23(40)20(37)16(12-33)49-29/h16-18,20-31,33-34,37-44H,2-14H2,1H3,(H,32,36)/t16-,17-,18-,20-,21-,22-,23+,24+,25+,26+,27+,28+,29+,30-,31-/m1/s1. The first-order chi connectivity index (χ1) is 24.8. The van der Waals surface area contributed by atoms with E-state index in [9.17, 15) is 60.7 Å². The minimum absolute atomic E-state index is 0.0757. The first kappa shape index (κ1) is 44.8. The Balaban J connectivity index is 1.54. The Morgan fingerprint density at radius 1 is 0.577 bits per heavy atom. The van der Waals surface area contributed by atoms with Crippen LogP contribution in [0.5, 0.6) is 0 Å². The third kappa shape index (κ3) is 12.7. The summed E-state index contributed by atoms with van der Waals surface area (Å²) in [6.45, 7) is 1.02. The van der Waals surface area contributed by atoms with Gasteiger partial charge in [0.05, 0.1) is 52.9 Å². The van der Waals surface area contributed by atoms with Gasteiger partial charge >= 0.3 is 0 Å². The number of hydrogen-bond acceptors (Lipinski definition) is 20. The maximum absolute atomic E-state index is 12.3. The number of carbonyl (C=O) groups excluding carboxylic acids is 2. The van der Waals surface area contributed by atoms with Crippen molar-refractivity contribution in [2.45, 2.75) is 125 Å². The van der Waals surface area contributed by atoms with E-state index in [-0.39, 0.29) is 70.4 Å². The zero-order valence-corrected chi connectivity index (χ0v) is 28.9. The van der Waals surface area contributed by atoms with Crippen LogP contribution in [0.4, 0.5) is 0 Å². The van der Waals surface area contributed by atoms with E-state index in [0.29, 0.717) is 6.54 Å². The van der Waals surface area contributed by atoms with E-state index in [0.717, 1.165) is 0 Å². The molecule has 3 aliphatic heterocycles. The van der Waals surface area contributed by atoms with Crippen molar-refractivity contribution < 1.29 is 98.5 Å². The van der Waals surface area contributed by atoms with E-state index in [2.05, 4.69) is 5.32 Å². The van der Waals surface area contributed by atoms with Crippen LogP contribution in [0.25, 0.3) is 0 Å². The predicted molar refractivity (Wildman–Crippen MR) is 169 cm³/mol. The molecule has 3 aliphatic rings. The molecular weight excluding hydrogens is 706 g/mol. The summed E-state index contributed by atoms with van der Waals surface area (Å²) in [5.74, 6) is -0.252. The summed E-state index contributed by atoms with van der Waals surface area (Å²) < 4.78 is 43.9. The highest BCUT2D eigenvalue weighted by Gasteiger charge is 2.52. The summed E-state index contributed by atoms with van der Waals surface area (Å²) in [6, 6.07) is 0. The first-order valence-electron chi connectivity index (χ1n) is 17.3. The average molecular weight is 762 g/mol. The number of aliphatic hydroxyl groups is 10. The molecule has 3 saturated heterocycles. The minimum atomic E-state index is -1.88. The number of hydrogen-bond donors (Lipinski definition) is 11. The first-order valence-corrected chi connectivity index (χ1v) is 17.3. The van der Waals surface area contributed by atoms with E-state index in [1.807, 2.05) is 6.92 Å². The van der Waals surface area contributed by atoms with Crippen LogP contribution in [-0.2, 0) is 47.5 Å². The lowest BCUT2D eigenvalue weighted by atomic mass is 9.96. The Morgan fingerprint density at radius 2 is 1.12 bits per heavy atom. The van der Waals surface area contributed by atoms with Crippen LogP contribution >= 0.6 is 0 Å². The summed E-state index contributed by atoms with van der Waals surface area (Å²) >= 11 is 0. The molecule has 0 bridgehead atoms.